The van der Waals surface area contributed by atoms with E-state index in [1.165, 1.54) is 38.9 Å². The van der Waals surface area contributed by atoms with E-state index in [4.69, 9.17) is 23.2 Å². The van der Waals surface area contributed by atoms with Gasteiger partial charge >= 0.3 is 0 Å². The van der Waals surface area contributed by atoms with Crippen molar-refractivity contribution >= 4 is 23.2 Å². The number of halogens is 2. The van der Waals surface area contributed by atoms with Gasteiger partial charge in [0.15, 0.2) is 0 Å². The van der Waals surface area contributed by atoms with Crippen LogP contribution in [0.5, 0.6) is 0 Å². The summed E-state index contributed by atoms with van der Waals surface area (Å²) in [6.07, 6.45) is 3.88. The molecule has 1 aliphatic heterocycles. The van der Waals surface area contributed by atoms with Gasteiger partial charge in [-0.3, -0.25) is 0 Å². The lowest BCUT2D eigenvalue weighted by molar-refractivity contribution is 0.190. The van der Waals surface area contributed by atoms with Gasteiger partial charge in [-0.05, 0) is 69.9 Å². The lowest BCUT2D eigenvalue weighted by atomic mass is 9.99. The van der Waals surface area contributed by atoms with Crippen molar-refractivity contribution in [1.29, 1.82) is 0 Å². The van der Waals surface area contributed by atoms with Crippen molar-refractivity contribution in [2.75, 3.05) is 26.2 Å². The molecule has 0 amide bonds. The van der Waals surface area contributed by atoms with E-state index in [2.05, 4.69) is 24.1 Å². The number of hydrogen-bond acceptors (Lipinski definition) is 2. The number of nitrogens with one attached hydrogen (secondary N) is 1. The molecule has 1 N–H and O–H groups in total. The van der Waals surface area contributed by atoms with Crippen LogP contribution in [0.15, 0.2) is 18.2 Å². The third-order valence-corrected chi connectivity index (χ3v) is 5.26. The zero-order valence-corrected chi connectivity index (χ0v) is 14.6. The van der Waals surface area contributed by atoms with Crippen LogP contribution in [0.4, 0.5) is 0 Å². The molecule has 2 rings (SSSR count). The molecule has 1 saturated heterocycles. The molecule has 1 aromatic rings. The van der Waals surface area contributed by atoms with Crippen LogP contribution in [0, 0.1) is 5.92 Å². The molecule has 21 heavy (non-hydrogen) atoms. The van der Waals surface area contributed by atoms with Gasteiger partial charge in [0, 0.05) is 6.04 Å². The van der Waals surface area contributed by atoms with Gasteiger partial charge in [0.05, 0.1) is 10.0 Å². The standard InChI is InChI=1S/C17H26Cl2N2/c1-13-7-11-21(12-8-13)10-4-9-20-14(2)15-5-3-6-16(18)17(15)19/h3,5-6,13-14,20H,4,7-12H2,1-2H3. The van der Waals surface area contributed by atoms with Gasteiger partial charge in [-0.15, -0.1) is 0 Å². The fraction of sp³-hybridized carbons (Fsp3) is 0.647. The van der Waals surface area contributed by atoms with Gasteiger partial charge < -0.3 is 10.2 Å². The number of piperidine rings is 1. The summed E-state index contributed by atoms with van der Waals surface area (Å²) in [6, 6.07) is 6.06. The largest absolute Gasteiger partial charge is 0.310 e. The predicted molar refractivity (Wildman–Crippen MR) is 92.3 cm³/mol. The molecular formula is C17H26Cl2N2. The zero-order valence-electron chi connectivity index (χ0n) is 13.0. The highest BCUT2D eigenvalue weighted by Gasteiger charge is 2.15. The van der Waals surface area contributed by atoms with E-state index < -0.39 is 0 Å². The minimum atomic E-state index is 0.234. The Balaban J connectivity index is 1.70. The van der Waals surface area contributed by atoms with Crippen molar-refractivity contribution in [1.82, 2.24) is 10.2 Å². The van der Waals surface area contributed by atoms with Gasteiger partial charge in [0.1, 0.15) is 0 Å². The highest BCUT2D eigenvalue weighted by atomic mass is 35.5. The monoisotopic (exact) mass is 328 g/mol. The first kappa shape index (κ1) is 17.1. The molecule has 1 fully saturated rings. The van der Waals surface area contributed by atoms with Crippen molar-refractivity contribution in [2.45, 2.75) is 39.2 Å². The first-order chi connectivity index (χ1) is 10.1. The summed E-state index contributed by atoms with van der Waals surface area (Å²) in [7, 11) is 0. The second-order valence-electron chi connectivity index (χ2n) is 6.20. The Kier molecular flexibility index (Phi) is 6.81. The predicted octanol–water partition coefficient (Wildman–Crippen LogP) is 4.77. The Hall–Kier alpha value is -0.280. The van der Waals surface area contributed by atoms with E-state index in [1.807, 2.05) is 18.2 Å². The number of likely N-dealkylation sites (tertiary alicyclic amines) is 1. The van der Waals surface area contributed by atoms with Crippen LogP contribution in [-0.2, 0) is 0 Å². The topological polar surface area (TPSA) is 15.3 Å². The van der Waals surface area contributed by atoms with Crippen molar-refractivity contribution in [3.8, 4) is 0 Å². The SMILES string of the molecule is CC1CCN(CCCNC(C)c2cccc(Cl)c2Cl)CC1. The number of benzene rings is 1. The van der Waals surface area contributed by atoms with Crippen LogP contribution in [0.2, 0.25) is 10.0 Å². The summed E-state index contributed by atoms with van der Waals surface area (Å²) in [5.74, 6) is 0.907. The Labute approximate surface area is 138 Å². The third-order valence-electron chi connectivity index (χ3n) is 4.43. The molecule has 0 aromatic heterocycles. The maximum Gasteiger partial charge on any atom is 0.0639 e. The van der Waals surface area contributed by atoms with Gasteiger partial charge in [0.25, 0.3) is 0 Å². The van der Waals surface area contributed by atoms with Gasteiger partial charge in [-0.2, -0.15) is 0 Å². The lowest BCUT2D eigenvalue weighted by Gasteiger charge is -2.30. The lowest BCUT2D eigenvalue weighted by Crippen LogP contribution is -2.35. The molecule has 1 heterocycles. The summed E-state index contributed by atoms with van der Waals surface area (Å²) >= 11 is 12.3. The quantitative estimate of drug-likeness (QED) is 0.757. The Morgan fingerprint density at radius 2 is 2.00 bits per heavy atom. The maximum atomic E-state index is 6.26. The molecule has 0 spiro atoms. The first-order valence-electron chi connectivity index (χ1n) is 7.97. The fourth-order valence-corrected chi connectivity index (χ4v) is 3.34. The van der Waals surface area contributed by atoms with E-state index in [0.717, 1.165) is 18.0 Å². The van der Waals surface area contributed by atoms with E-state index in [9.17, 15) is 0 Å². The van der Waals surface area contributed by atoms with Crippen LogP contribution in [0.3, 0.4) is 0 Å². The second-order valence-corrected chi connectivity index (χ2v) is 6.98. The highest BCUT2D eigenvalue weighted by molar-refractivity contribution is 6.42. The van der Waals surface area contributed by atoms with E-state index >= 15 is 0 Å². The van der Waals surface area contributed by atoms with Crippen LogP contribution in [0.25, 0.3) is 0 Å². The van der Waals surface area contributed by atoms with Crippen molar-refractivity contribution in [3.05, 3.63) is 33.8 Å². The summed E-state index contributed by atoms with van der Waals surface area (Å²) in [5.41, 5.74) is 1.08. The van der Waals surface area contributed by atoms with E-state index in [0.29, 0.717) is 10.0 Å². The van der Waals surface area contributed by atoms with Crippen molar-refractivity contribution < 1.29 is 0 Å². The van der Waals surface area contributed by atoms with E-state index in [1.54, 1.807) is 0 Å². The molecule has 1 aromatic carbocycles. The van der Waals surface area contributed by atoms with Gasteiger partial charge in [-0.1, -0.05) is 42.3 Å². The summed E-state index contributed by atoms with van der Waals surface area (Å²) in [4.78, 5) is 2.58. The molecule has 4 heteroatoms. The average molecular weight is 329 g/mol. The third kappa shape index (κ3) is 5.14. The Morgan fingerprint density at radius 3 is 2.71 bits per heavy atom. The molecule has 2 nitrogen and oxygen atoms in total. The molecule has 0 bridgehead atoms. The summed E-state index contributed by atoms with van der Waals surface area (Å²) < 4.78 is 0. The van der Waals surface area contributed by atoms with Gasteiger partial charge in [0.2, 0.25) is 0 Å². The first-order valence-corrected chi connectivity index (χ1v) is 8.73. The summed E-state index contributed by atoms with van der Waals surface area (Å²) in [6.45, 7) is 9.22. The fourth-order valence-electron chi connectivity index (χ4n) is 2.87. The van der Waals surface area contributed by atoms with Crippen molar-refractivity contribution in [2.24, 2.45) is 5.92 Å². The smallest absolute Gasteiger partial charge is 0.0639 e. The number of hydrogen-bond donors (Lipinski definition) is 1. The minimum Gasteiger partial charge on any atom is -0.310 e. The molecule has 1 unspecified atom stereocenters. The number of rotatable bonds is 6. The molecule has 0 saturated carbocycles. The maximum absolute atomic E-state index is 6.26. The van der Waals surface area contributed by atoms with Crippen molar-refractivity contribution in [3.63, 3.8) is 0 Å². The number of nitrogens with zero attached hydrogens (tertiary/aromatic N) is 1. The molecule has 1 aliphatic rings. The molecular weight excluding hydrogens is 303 g/mol. The second kappa shape index (κ2) is 8.38. The minimum absolute atomic E-state index is 0.234. The molecule has 118 valence electrons. The summed E-state index contributed by atoms with van der Waals surface area (Å²) in [5, 5.41) is 4.85. The molecule has 1 atom stereocenters. The normalized spacial score (nSPS) is 18.9. The molecule has 0 aliphatic carbocycles. The Morgan fingerprint density at radius 1 is 1.29 bits per heavy atom. The highest BCUT2D eigenvalue weighted by Crippen LogP contribution is 2.29. The van der Waals surface area contributed by atoms with Crippen LogP contribution >= 0.6 is 23.2 Å². The van der Waals surface area contributed by atoms with Crippen LogP contribution < -0.4 is 5.32 Å². The zero-order chi connectivity index (χ0) is 15.2. The van der Waals surface area contributed by atoms with Gasteiger partial charge in [-0.25, -0.2) is 0 Å². The van der Waals surface area contributed by atoms with E-state index in [-0.39, 0.29) is 6.04 Å². The molecule has 0 radical (unpaired) electrons. The van der Waals surface area contributed by atoms with Crippen LogP contribution in [0.1, 0.15) is 44.7 Å². The average Bonchev–Trinajstić information content (AvgIpc) is 2.48. The van der Waals surface area contributed by atoms with Crippen LogP contribution in [-0.4, -0.2) is 31.1 Å². The Bertz CT molecular complexity index is 442.